The summed E-state index contributed by atoms with van der Waals surface area (Å²) < 4.78 is 16.2. The number of aliphatic hydroxyl groups excluding tert-OH is 1. The van der Waals surface area contributed by atoms with Crippen LogP contribution in [0, 0.1) is 0 Å². The molecule has 0 atom stereocenters. The number of carbonyl (C=O) groups excluding carboxylic acids is 1. The smallest absolute Gasteiger partial charge is 0.336 e. The van der Waals surface area contributed by atoms with Gasteiger partial charge in [-0.3, -0.25) is 4.79 Å². The van der Waals surface area contributed by atoms with E-state index < -0.39 is 5.63 Å². The highest BCUT2D eigenvalue weighted by atomic mass is 16.5. The predicted molar refractivity (Wildman–Crippen MR) is 112 cm³/mol. The van der Waals surface area contributed by atoms with Gasteiger partial charge < -0.3 is 23.9 Å². The molecular formula is C23H23NO6. The minimum Gasteiger partial charge on any atom is -0.497 e. The molecule has 1 N–H and O–H groups in total. The van der Waals surface area contributed by atoms with Crippen LogP contribution in [0.4, 0.5) is 0 Å². The molecule has 1 aliphatic heterocycles. The highest BCUT2D eigenvalue weighted by Gasteiger charge is 2.21. The lowest BCUT2D eigenvalue weighted by Gasteiger charge is -2.29. The maximum absolute atomic E-state index is 12.3. The second-order valence-corrected chi connectivity index (χ2v) is 7.27. The van der Waals surface area contributed by atoms with Crippen molar-refractivity contribution >= 4 is 16.9 Å². The first kappa shape index (κ1) is 20.0. The summed E-state index contributed by atoms with van der Waals surface area (Å²) in [5.74, 6) is 1.05. The minimum atomic E-state index is -0.464. The normalized spacial score (nSPS) is 14.7. The van der Waals surface area contributed by atoms with Gasteiger partial charge in [0.05, 0.1) is 13.2 Å². The van der Waals surface area contributed by atoms with Crippen molar-refractivity contribution in [2.24, 2.45) is 0 Å². The number of nitrogens with zero attached hydrogens (tertiary/aromatic N) is 1. The Labute approximate surface area is 173 Å². The lowest BCUT2D eigenvalue weighted by molar-refractivity contribution is -0.135. The summed E-state index contributed by atoms with van der Waals surface area (Å²) in [6.45, 7) is 0.951. The third-order valence-electron chi connectivity index (χ3n) is 5.30. The van der Waals surface area contributed by atoms with Gasteiger partial charge in [0.1, 0.15) is 17.1 Å². The van der Waals surface area contributed by atoms with Crippen LogP contribution in [-0.4, -0.2) is 48.8 Å². The number of likely N-dealkylation sites (tertiary alicyclic amines) is 1. The van der Waals surface area contributed by atoms with Crippen LogP contribution in [0.15, 0.2) is 57.7 Å². The van der Waals surface area contributed by atoms with Gasteiger partial charge in [-0.15, -0.1) is 0 Å². The van der Waals surface area contributed by atoms with Crippen LogP contribution in [0.5, 0.6) is 11.5 Å². The Morgan fingerprint density at radius 3 is 2.50 bits per heavy atom. The van der Waals surface area contributed by atoms with Crippen LogP contribution in [-0.2, 0) is 4.79 Å². The van der Waals surface area contributed by atoms with Gasteiger partial charge >= 0.3 is 5.63 Å². The largest absolute Gasteiger partial charge is 0.497 e. The topological polar surface area (TPSA) is 89.2 Å². The number of amides is 1. The molecule has 1 aliphatic rings. The summed E-state index contributed by atoms with van der Waals surface area (Å²) in [5.41, 5.74) is 1.54. The average molecular weight is 409 g/mol. The summed E-state index contributed by atoms with van der Waals surface area (Å²) in [5, 5.41) is 10.3. The highest BCUT2D eigenvalue weighted by molar-refractivity contribution is 5.93. The molecule has 1 amide bonds. The molecule has 3 aromatic rings. The number of ether oxygens (including phenoxy) is 2. The van der Waals surface area contributed by atoms with E-state index in [0.717, 1.165) is 22.3 Å². The Bertz CT molecular complexity index is 1100. The van der Waals surface area contributed by atoms with Crippen molar-refractivity contribution in [1.82, 2.24) is 4.90 Å². The first-order chi connectivity index (χ1) is 14.5. The summed E-state index contributed by atoms with van der Waals surface area (Å²) in [7, 11) is 1.60. The number of benzene rings is 2. The summed E-state index contributed by atoms with van der Waals surface area (Å²) in [4.78, 5) is 26.1. The van der Waals surface area contributed by atoms with E-state index in [2.05, 4.69) is 0 Å². The van der Waals surface area contributed by atoms with Gasteiger partial charge in [-0.1, -0.05) is 12.1 Å². The Kier molecular flexibility index (Phi) is 5.72. The zero-order chi connectivity index (χ0) is 21.1. The van der Waals surface area contributed by atoms with Gasteiger partial charge in [-0.25, -0.2) is 4.79 Å². The van der Waals surface area contributed by atoms with Crippen molar-refractivity contribution in [3.63, 3.8) is 0 Å². The molecule has 4 rings (SSSR count). The van der Waals surface area contributed by atoms with Gasteiger partial charge in [0.25, 0.3) is 5.91 Å². The molecule has 0 spiro atoms. The van der Waals surface area contributed by atoms with E-state index in [4.69, 9.17) is 13.9 Å². The number of rotatable bonds is 5. The van der Waals surface area contributed by atoms with Crippen LogP contribution in [0.1, 0.15) is 12.8 Å². The molecule has 156 valence electrons. The number of methoxy groups -OCH3 is 1. The van der Waals surface area contributed by atoms with E-state index in [-0.39, 0.29) is 18.6 Å². The van der Waals surface area contributed by atoms with Crippen LogP contribution >= 0.6 is 0 Å². The Hall–Kier alpha value is -3.32. The molecule has 2 heterocycles. The van der Waals surface area contributed by atoms with Crippen LogP contribution in [0.25, 0.3) is 22.1 Å². The molecule has 1 aromatic heterocycles. The van der Waals surface area contributed by atoms with Crippen molar-refractivity contribution in [3.05, 3.63) is 59.0 Å². The number of fused-ring (bicyclic) bond motifs is 1. The van der Waals surface area contributed by atoms with E-state index in [1.807, 2.05) is 30.3 Å². The molecule has 0 saturated carbocycles. The average Bonchev–Trinajstić information content (AvgIpc) is 2.77. The van der Waals surface area contributed by atoms with Gasteiger partial charge in [0.15, 0.2) is 6.61 Å². The standard InChI is InChI=1S/C23H23NO6/c1-28-17-4-2-15(3-5-17)20-13-23(27)30-21-12-18(6-7-19(20)21)29-14-22(26)24-10-8-16(25)9-11-24/h2-7,12-13,16,25H,8-11,14H2,1H3. The van der Waals surface area contributed by atoms with E-state index in [1.54, 1.807) is 24.1 Å². The van der Waals surface area contributed by atoms with E-state index in [9.17, 15) is 14.7 Å². The fourth-order valence-corrected chi connectivity index (χ4v) is 3.59. The van der Waals surface area contributed by atoms with Crippen LogP contribution < -0.4 is 15.1 Å². The van der Waals surface area contributed by atoms with Gasteiger partial charge in [0, 0.05) is 30.6 Å². The minimum absolute atomic E-state index is 0.107. The monoisotopic (exact) mass is 409 g/mol. The molecule has 0 aliphatic carbocycles. The molecule has 30 heavy (non-hydrogen) atoms. The quantitative estimate of drug-likeness (QED) is 0.652. The Balaban J connectivity index is 1.54. The predicted octanol–water partition coefficient (Wildman–Crippen LogP) is 2.83. The van der Waals surface area contributed by atoms with Gasteiger partial charge in [-0.2, -0.15) is 0 Å². The zero-order valence-electron chi connectivity index (χ0n) is 16.7. The maximum Gasteiger partial charge on any atom is 0.336 e. The van der Waals surface area contributed by atoms with E-state index in [1.165, 1.54) is 6.07 Å². The molecule has 7 heteroatoms. The molecule has 1 fully saturated rings. The maximum atomic E-state index is 12.3. The molecule has 0 bridgehead atoms. The van der Waals surface area contributed by atoms with Gasteiger partial charge in [-0.05, 0) is 48.2 Å². The number of piperidine rings is 1. The summed E-state index contributed by atoms with van der Waals surface area (Å²) in [6, 6.07) is 14.1. The first-order valence-corrected chi connectivity index (χ1v) is 9.84. The van der Waals surface area contributed by atoms with Crippen molar-refractivity contribution in [3.8, 4) is 22.6 Å². The first-order valence-electron chi connectivity index (χ1n) is 9.84. The van der Waals surface area contributed by atoms with E-state index >= 15 is 0 Å². The van der Waals surface area contributed by atoms with Crippen molar-refractivity contribution in [1.29, 1.82) is 0 Å². The Morgan fingerprint density at radius 1 is 1.10 bits per heavy atom. The van der Waals surface area contributed by atoms with Crippen LogP contribution in [0.2, 0.25) is 0 Å². The zero-order valence-corrected chi connectivity index (χ0v) is 16.7. The molecule has 1 saturated heterocycles. The lowest BCUT2D eigenvalue weighted by atomic mass is 10.0. The fraction of sp³-hybridized carbons (Fsp3) is 0.304. The molecule has 0 radical (unpaired) electrons. The van der Waals surface area contributed by atoms with Crippen molar-refractivity contribution in [2.75, 3.05) is 26.8 Å². The molecule has 7 nitrogen and oxygen atoms in total. The number of hydrogen-bond acceptors (Lipinski definition) is 6. The van der Waals surface area contributed by atoms with Crippen molar-refractivity contribution in [2.45, 2.75) is 18.9 Å². The third kappa shape index (κ3) is 4.31. The van der Waals surface area contributed by atoms with Gasteiger partial charge in [0.2, 0.25) is 0 Å². The molecular weight excluding hydrogens is 386 g/mol. The Morgan fingerprint density at radius 2 is 1.80 bits per heavy atom. The number of hydrogen-bond donors (Lipinski definition) is 1. The summed E-state index contributed by atoms with van der Waals surface area (Å²) in [6.07, 6.45) is 0.834. The second-order valence-electron chi connectivity index (χ2n) is 7.27. The third-order valence-corrected chi connectivity index (χ3v) is 5.30. The number of aliphatic hydroxyl groups is 1. The SMILES string of the molecule is COc1ccc(-c2cc(=O)oc3cc(OCC(=O)N4CCC(O)CC4)ccc23)cc1. The fourth-order valence-electron chi connectivity index (χ4n) is 3.59. The molecule has 2 aromatic carbocycles. The van der Waals surface area contributed by atoms with Crippen LogP contribution in [0.3, 0.4) is 0 Å². The molecule has 0 unspecified atom stereocenters. The van der Waals surface area contributed by atoms with Crippen molar-refractivity contribution < 1.29 is 23.8 Å². The lowest BCUT2D eigenvalue weighted by Crippen LogP contribution is -2.42. The second kappa shape index (κ2) is 8.59. The number of carbonyl (C=O) groups is 1. The highest BCUT2D eigenvalue weighted by Crippen LogP contribution is 2.30. The summed E-state index contributed by atoms with van der Waals surface area (Å²) >= 11 is 0. The van der Waals surface area contributed by atoms with E-state index in [0.29, 0.717) is 37.3 Å².